The van der Waals surface area contributed by atoms with E-state index in [1.54, 1.807) is 10.9 Å². The largest absolute Gasteiger partial charge is 0.339 e. The lowest BCUT2D eigenvalue weighted by atomic mass is 10.2. The summed E-state index contributed by atoms with van der Waals surface area (Å²) in [5.41, 5.74) is 3.53. The average Bonchev–Trinajstić information content (AvgIpc) is 3.01. The Balaban J connectivity index is 1.76. The molecule has 2 N–H and O–H groups in total. The number of aryl methyl sites for hydroxylation is 2. The summed E-state index contributed by atoms with van der Waals surface area (Å²) >= 11 is 6.24. The van der Waals surface area contributed by atoms with E-state index in [2.05, 4.69) is 25.7 Å². The van der Waals surface area contributed by atoms with Crippen molar-refractivity contribution >= 4 is 45.8 Å². The molecule has 0 unspecified atom stereocenters. The molecule has 0 saturated carbocycles. The van der Waals surface area contributed by atoms with Crippen LogP contribution in [0.3, 0.4) is 0 Å². The molecule has 26 heavy (non-hydrogen) atoms. The van der Waals surface area contributed by atoms with Gasteiger partial charge in [0.25, 0.3) is 0 Å². The van der Waals surface area contributed by atoms with E-state index in [1.165, 1.54) is 0 Å². The standard InChI is InChI=1S/C19H17ClN6/c1-12-8-9-14(10-16(12)20)22-17-15-11-21-26(2)18(15)25-19(24-17)23-13-6-4-3-5-7-13/h3-11H,1-2H3,(H2,22,23,24,25). The van der Waals surface area contributed by atoms with E-state index in [9.17, 15) is 0 Å². The van der Waals surface area contributed by atoms with Crippen molar-refractivity contribution in [2.75, 3.05) is 10.6 Å². The first-order valence-electron chi connectivity index (χ1n) is 8.15. The summed E-state index contributed by atoms with van der Waals surface area (Å²) in [5.74, 6) is 1.16. The fourth-order valence-electron chi connectivity index (χ4n) is 2.63. The summed E-state index contributed by atoms with van der Waals surface area (Å²) in [6.45, 7) is 1.97. The van der Waals surface area contributed by atoms with Crippen molar-refractivity contribution in [3.05, 3.63) is 65.3 Å². The summed E-state index contributed by atoms with van der Waals surface area (Å²) < 4.78 is 1.72. The number of nitrogens with one attached hydrogen (secondary N) is 2. The van der Waals surface area contributed by atoms with Crippen LogP contribution in [-0.4, -0.2) is 19.7 Å². The highest BCUT2D eigenvalue weighted by Crippen LogP contribution is 2.28. The number of nitrogens with zero attached hydrogens (tertiary/aromatic N) is 4. The third-order valence-electron chi connectivity index (χ3n) is 4.06. The monoisotopic (exact) mass is 364 g/mol. The molecule has 0 spiro atoms. The molecular formula is C19H17ClN6. The normalized spacial score (nSPS) is 10.9. The summed E-state index contributed by atoms with van der Waals surface area (Å²) in [6, 6.07) is 15.6. The van der Waals surface area contributed by atoms with Gasteiger partial charge in [-0.25, -0.2) is 0 Å². The Hall–Kier alpha value is -3.12. The Labute approximate surface area is 155 Å². The van der Waals surface area contributed by atoms with Gasteiger partial charge in [0.1, 0.15) is 5.82 Å². The first-order valence-corrected chi connectivity index (χ1v) is 8.53. The number of halogens is 1. The molecule has 4 aromatic rings. The van der Waals surface area contributed by atoms with Gasteiger partial charge in [0.2, 0.25) is 5.95 Å². The van der Waals surface area contributed by atoms with Gasteiger partial charge >= 0.3 is 0 Å². The Morgan fingerprint density at radius 1 is 0.962 bits per heavy atom. The fraction of sp³-hybridized carbons (Fsp3) is 0.105. The number of anilines is 4. The van der Waals surface area contributed by atoms with Gasteiger partial charge in [0.15, 0.2) is 5.65 Å². The Bertz CT molecular complexity index is 1070. The maximum atomic E-state index is 6.24. The highest BCUT2D eigenvalue weighted by atomic mass is 35.5. The van der Waals surface area contributed by atoms with Gasteiger partial charge in [-0.15, -0.1) is 0 Å². The molecule has 0 aliphatic carbocycles. The van der Waals surface area contributed by atoms with E-state index >= 15 is 0 Å². The van der Waals surface area contributed by atoms with Crippen molar-refractivity contribution < 1.29 is 0 Å². The van der Waals surface area contributed by atoms with Gasteiger partial charge in [-0.3, -0.25) is 4.68 Å². The molecule has 0 atom stereocenters. The lowest BCUT2D eigenvalue weighted by Crippen LogP contribution is -2.03. The van der Waals surface area contributed by atoms with Crippen molar-refractivity contribution in [3.63, 3.8) is 0 Å². The Morgan fingerprint density at radius 2 is 1.77 bits per heavy atom. The lowest BCUT2D eigenvalue weighted by Gasteiger charge is -2.11. The summed E-state index contributed by atoms with van der Waals surface area (Å²) in [6.07, 6.45) is 1.75. The number of rotatable bonds is 4. The van der Waals surface area contributed by atoms with Crippen LogP contribution in [0.4, 0.5) is 23.1 Å². The first-order chi connectivity index (χ1) is 12.6. The first kappa shape index (κ1) is 16.4. The summed E-state index contributed by atoms with van der Waals surface area (Å²) in [4.78, 5) is 9.20. The van der Waals surface area contributed by atoms with E-state index in [-0.39, 0.29) is 0 Å². The van der Waals surface area contributed by atoms with Crippen molar-refractivity contribution in [2.45, 2.75) is 6.92 Å². The summed E-state index contributed by atoms with van der Waals surface area (Å²) in [5, 5.41) is 12.4. The molecule has 6 nitrogen and oxygen atoms in total. The van der Waals surface area contributed by atoms with Gasteiger partial charge < -0.3 is 10.6 Å². The van der Waals surface area contributed by atoms with Crippen LogP contribution in [0.1, 0.15) is 5.56 Å². The van der Waals surface area contributed by atoms with Crippen LogP contribution in [0.5, 0.6) is 0 Å². The van der Waals surface area contributed by atoms with Crippen molar-refractivity contribution in [3.8, 4) is 0 Å². The van der Waals surface area contributed by atoms with Gasteiger partial charge in [-0.2, -0.15) is 15.1 Å². The minimum atomic E-state index is 0.494. The van der Waals surface area contributed by atoms with Crippen LogP contribution in [0.2, 0.25) is 5.02 Å². The van der Waals surface area contributed by atoms with E-state index < -0.39 is 0 Å². The average molecular weight is 365 g/mol. The SMILES string of the molecule is Cc1ccc(Nc2nc(Nc3ccccc3)nc3c2cnn3C)cc1Cl. The number of hydrogen-bond acceptors (Lipinski definition) is 5. The molecule has 0 fully saturated rings. The van der Waals surface area contributed by atoms with E-state index in [4.69, 9.17) is 11.6 Å². The zero-order chi connectivity index (χ0) is 18.1. The van der Waals surface area contributed by atoms with Crippen LogP contribution < -0.4 is 10.6 Å². The highest BCUT2D eigenvalue weighted by molar-refractivity contribution is 6.31. The number of fused-ring (bicyclic) bond motifs is 1. The molecule has 0 aliphatic heterocycles. The fourth-order valence-corrected chi connectivity index (χ4v) is 2.81. The second-order valence-corrected chi connectivity index (χ2v) is 6.39. The smallest absolute Gasteiger partial charge is 0.231 e. The summed E-state index contributed by atoms with van der Waals surface area (Å²) in [7, 11) is 1.86. The molecule has 0 bridgehead atoms. The molecule has 0 radical (unpaired) electrons. The maximum Gasteiger partial charge on any atom is 0.231 e. The molecule has 2 heterocycles. The van der Waals surface area contributed by atoms with Crippen LogP contribution in [0, 0.1) is 6.92 Å². The van der Waals surface area contributed by atoms with Crippen LogP contribution in [0.15, 0.2) is 54.7 Å². The lowest BCUT2D eigenvalue weighted by molar-refractivity contribution is 0.786. The van der Waals surface area contributed by atoms with Crippen molar-refractivity contribution in [1.82, 2.24) is 19.7 Å². The van der Waals surface area contributed by atoms with Crippen molar-refractivity contribution in [2.24, 2.45) is 7.05 Å². The molecule has 4 rings (SSSR count). The number of para-hydroxylation sites is 1. The second kappa shape index (κ2) is 6.65. The topological polar surface area (TPSA) is 67.7 Å². The molecular weight excluding hydrogens is 348 g/mol. The minimum absolute atomic E-state index is 0.494. The molecule has 0 saturated heterocycles. The number of benzene rings is 2. The molecule has 7 heteroatoms. The molecule has 0 amide bonds. The Morgan fingerprint density at radius 3 is 2.54 bits per heavy atom. The number of aromatic nitrogens is 4. The molecule has 2 aromatic carbocycles. The molecule has 0 aliphatic rings. The highest BCUT2D eigenvalue weighted by Gasteiger charge is 2.12. The molecule has 130 valence electrons. The third kappa shape index (κ3) is 3.19. The van der Waals surface area contributed by atoms with E-state index in [1.807, 2.05) is 62.5 Å². The van der Waals surface area contributed by atoms with Gasteiger partial charge in [-0.1, -0.05) is 35.9 Å². The van der Waals surface area contributed by atoms with Crippen LogP contribution in [-0.2, 0) is 7.05 Å². The zero-order valence-electron chi connectivity index (χ0n) is 14.4. The zero-order valence-corrected chi connectivity index (χ0v) is 15.1. The minimum Gasteiger partial charge on any atom is -0.339 e. The van der Waals surface area contributed by atoms with Gasteiger partial charge in [-0.05, 0) is 36.8 Å². The predicted octanol–water partition coefficient (Wildman–Crippen LogP) is 4.81. The molecule has 2 aromatic heterocycles. The van der Waals surface area contributed by atoms with E-state index in [0.717, 1.165) is 28.0 Å². The van der Waals surface area contributed by atoms with Gasteiger partial charge in [0, 0.05) is 23.4 Å². The second-order valence-electron chi connectivity index (χ2n) is 5.98. The third-order valence-corrected chi connectivity index (χ3v) is 4.46. The Kier molecular flexibility index (Phi) is 4.18. The van der Waals surface area contributed by atoms with Gasteiger partial charge in [0.05, 0.1) is 11.6 Å². The quantitative estimate of drug-likeness (QED) is 0.543. The van der Waals surface area contributed by atoms with Crippen LogP contribution in [0.25, 0.3) is 11.0 Å². The number of hydrogen-bond donors (Lipinski definition) is 2. The predicted molar refractivity (Wildman–Crippen MR) is 106 cm³/mol. The van der Waals surface area contributed by atoms with E-state index in [0.29, 0.717) is 16.8 Å². The van der Waals surface area contributed by atoms with Crippen LogP contribution >= 0.6 is 11.6 Å². The maximum absolute atomic E-state index is 6.24. The van der Waals surface area contributed by atoms with Crippen molar-refractivity contribution in [1.29, 1.82) is 0 Å².